The Morgan fingerprint density at radius 3 is 2.47 bits per heavy atom. The molecule has 6 heteroatoms. The number of carboxylic acid groups (broad SMARTS) is 1. The van der Waals surface area contributed by atoms with E-state index in [9.17, 15) is 9.59 Å². The van der Waals surface area contributed by atoms with Crippen LogP contribution in [0.15, 0.2) is 24.3 Å². The molecule has 0 saturated heterocycles. The van der Waals surface area contributed by atoms with E-state index in [0.717, 1.165) is 0 Å². The maximum Gasteiger partial charge on any atom is 0.321 e. The van der Waals surface area contributed by atoms with Gasteiger partial charge in [0.15, 0.2) is 0 Å². The highest BCUT2D eigenvalue weighted by Gasteiger charge is 2.17. The minimum absolute atomic E-state index is 0.122. The number of nitrogens with zero attached hydrogens (tertiary/aromatic N) is 2. The molecule has 0 heterocycles. The summed E-state index contributed by atoms with van der Waals surface area (Å²) in [7, 11) is 1.53. The molecule has 0 aromatic heterocycles. The fourth-order valence-corrected chi connectivity index (χ4v) is 1.42. The third-order valence-electron chi connectivity index (χ3n) is 2.58. The first kappa shape index (κ1) is 14.5. The Morgan fingerprint density at radius 1 is 1.42 bits per heavy atom. The summed E-state index contributed by atoms with van der Waals surface area (Å²) in [6.45, 7) is 1.66. The van der Waals surface area contributed by atoms with Crippen LogP contribution in [-0.4, -0.2) is 35.6 Å². The van der Waals surface area contributed by atoms with E-state index in [1.807, 2.05) is 6.07 Å². The predicted molar refractivity (Wildman–Crippen MR) is 69.6 cm³/mol. The van der Waals surface area contributed by atoms with Crippen LogP contribution < -0.4 is 5.32 Å². The van der Waals surface area contributed by atoms with Crippen LogP contribution in [0.25, 0.3) is 0 Å². The van der Waals surface area contributed by atoms with E-state index in [2.05, 4.69) is 5.32 Å². The van der Waals surface area contributed by atoms with Gasteiger partial charge in [-0.05, 0) is 24.3 Å². The van der Waals surface area contributed by atoms with E-state index < -0.39 is 17.9 Å². The van der Waals surface area contributed by atoms with Crippen molar-refractivity contribution in [1.29, 1.82) is 5.26 Å². The number of nitriles is 1. The van der Waals surface area contributed by atoms with E-state index in [1.54, 1.807) is 24.3 Å². The lowest BCUT2D eigenvalue weighted by atomic mass is 10.2. The smallest absolute Gasteiger partial charge is 0.321 e. The normalized spacial score (nSPS) is 11.2. The Balaban J connectivity index is 2.58. The summed E-state index contributed by atoms with van der Waals surface area (Å²) in [6, 6.07) is 8.01. The molecule has 0 fully saturated rings. The highest BCUT2D eigenvalue weighted by molar-refractivity contribution is 5.89. The molecule has 1 unspecified atom stereocenters. The molecule has 6 nitrogen and oxygen atoms in total. The zero-order valence-corrected chi connectivity index (χ0v) is 10.8. The molecule has 1 atom stereocenters. The van der Waals surface area contributed by atoms with E-state index in [0.29, 0.717) is 11.3 Å². The quantitative estimate of drug-likeness (QED) is 0.863. The number of anilines is 1. The Morgan fingerprint density at radius 2 is 2.00 bits per heavy atom. The number of aliphatic carboxylic acids is 1. The number of amides is 2. The Hall–Kier alpha value is -2.55. The van der Waals surface area contributed by atoms with Gasteiger partial charge in [-0.1, -0.05) is 6.92 Å². The summed E-state index contributed by atoms with van der Waals surface area (Å²) in [6.07, 6.45) is 0. The van der Waals surface area contributed by atoms with Crippen molar-refractivity contribution >= 4 is 17.7 Å². The summed E-state index contributed by atoms with van der Waals surface area (Å²) < 4.78 is 0. The maximum atomic E-state index is 11.8. The molecule has 0 aliphatic heterocycles. The van der Waals surface area contributed by atoms with Gasteiger partial charge in [-0.25, -0.2) is 4.79 Å². The van der Waals surface area contributed by atoms with Crippen molar-refractivity contribution in [3.8, 4) is 6.07 Å². The molecule has 2 amide bonds. The molecule has 0 bridgehead atoms. The van der Waals surface area contributed by atoms with Crippen LogP contribution in [0.1, 0.15) is 12.5 Å². The predicted octanol–water partition coefficient (Wildman–Crippen LogP) is 1.74. The molecule has 0 spiro atoms. The van der Waals surface area contributed by atoms with Gasteiger partial charge < -0.3 is 15.3 Å². The van der Waals surface area contributed by atoms with E-state index in [1.165, 1.54) is 18.9 Å². The molecular formula is C13H15N3O3. The van der Waals surface area contributed by atoms with Crippen molar-refractivity contribution in [1.82, 2.24) is 4.90 Å². The molecule has 19 heavy (non-hydrogen) atoms. The maximum absolute atomic E-state index is 11.8. The number of nitrogens with one attached hydrogen (secondary N) is 1. The molecule has 0 aliphatic carbocycles. The van der Waals surface area contributed by atoms with E-state index in [-0.39, 0.29) is 6.54 Å². The second-order valence-electron chi connectivity index (χ2n) is 4.24. The van der Waals surface area contributed by atoms with Crippen LogP contribution in [0.5, 0.6) is 0 Å². The molecule has 1 rings (SSSR count). The summed E-state index contributed by atoms with van der Waals surface area (Å²) in [4.78, 5) is 23.8. The lowest BCUT2D eigenvalue weighted by Gasteiger charge is -2.20. The highest BCUT2D eigenvalue weighted by atomic mass is 16.4. The van der Waals surface area contributed by atoms with Crippen LogP contribution in [0.4, 0.5) is 10.5 Å². The van der Waals surface area contributed by atoms with Gasteiger partial charge in [0.2, 0.25) is 0 Å². The molecular weight excluding hydrogens is 246 g/mol. The first-order chi connectivity index (χ1) is 8.93. The molecule has 0 aliphatic rings. The third-order valence-corrected chi connectivity index (χ3v) is 2.58. The molecule has 0 saturated carbocycles. The van der Waals surface area contributed by atoms with Gasteiger partial charge in [0.05, 0.1) is 17.6 Å². The topological polar surface area (TPSA) is 93.4 Å². The van der Waals surface area contributed by atoms with Crippen LogP contribution >= 0.6 is 0 Å². The van der Waals surface area contributed by atoms with Crippen LogP contribution in [0, 0.1) is 17.2 Å². The van der Waals surface area contributed by atoms with Crippen LogP contribution in [-0.2, 0) is 4.79 Å². The number of carbonyl (C=O) groups is 2. The summed E-state index contributed by atoms with van der Waals surface area (Å²) in [5.41, 5.74) is 1.06. The SMILES string of the molecule is CC(CN(C)C(=O)Nc1ccc(C#N)cc1)C(=O)O. The number of carboxylic acids is 1. The zero-order chi connectivity index (χ0) is 14.4. The first-order valence-corrected chi connectivity index (χ1v) is 5.69. The number of carbonyl (C=O) groups excluding carboxylic acids is 1. The largest absolute Gasteiger partial charge is 0.481 e. The summed E-state index contributed by atoms with van der Waals surface area (Å²) in [5.74, 6) is -1.57. The second kappa shape index (κ2) is 6.40. The molecule has 1 aromatic carbocycles. The fraction of sp³-hybridized carbons (Fsp3) is 0.308. The Kier molecular flexibility index (Phi) is 4.89. The van der Waals surface area contributed by atoms with Gasteiger partial charge in [-0.15, -0.1) is 0 Å². The summed E-state index contributed by atoms with van der Waals surface area (Å²) in [5, 5.41) is 20.0. The Bertz CT molecular complexity index is 505. The number of hydrogen-bond acceptors (Lipinski definition) is 3. The minimum Gasteiger partial charge on any atom is -0.481 e. The van der Waals surface area contributed by atoms with E-state index >= 15 is 0 Å². The van der Waals surface area contributed by atoms with Crippen LogP contribution in [0.3, 0.4) is 0 Å². The van der Waals surface area contributed by atoms with Gasteiger partial charge in [0.1, 0.15) is 0 Å². The molecule has 100 valence electrons. The van der Waals surface area contributed by atoms with Crippen molar-refractivity contribution in [3.63, 3.8) is 0 Å². The summed E-state index contributed by atoms with van der Waals surface area (Å²) >= 11 is 0. The average Bonchev–Trinajstić information content (AvgIpc) is 2.39. The molecule has 2 N–H and O–H groups in total. The number of benzene rings is 1. The van der Waals surface area contributed by atoms with Gasteiger partial charge in [0, 0.05) is 19.3 Å². The van der Waals surface area contributed by atoms with Crippen molar-refractivity contribution in [2.45, 2.75) is 6.92 Å². The zero-order valence-electron chi connectivity index (χ0n) is 10.8. The van der Waals surface area contributed by atoms with Gasteiger partial charge in [-0.3, -0.25) is 4.79 Å². The van der Waals surface area contributed by atoms with Crippen molar-refractivity contribution < 1.29 is 14.7 Å². The van der Waals surface area contributed by atoms with Crippen molar-refractivity contribution in [2.24, 2.45) is 5.92 Å². The van der Waals surface area contributed by atoms with Gasteiger partial charge in [-0.2, -0.15) is 5.26 Å². The highest BCUT2D eigenvalue weighted by Crippen LogP contribution is 2.10. The molecule has 1 aromatic rings. The number of urea groups is 1. The second-order valence-corrected chi connectivity index (χ2v) is 4.24. The first-order valence-electron chi connectivity index (χ1n) is 5.69. The lowest BCUT2D eigenvalue weighted by Crippen LogP contribution is -2.36. The van der Waals surface area contributed by atoms with Gasteiger partial charge in [0.25, 0.3) is 0 Å². The monoisotopic (exact) mass is 261 g/mol. The minimum atomic E-state index is -0.946. The van der Waals surface area contributed by atoms with Crippen molar-refractivity contribution in [3.05, 3.63) is 29.8 Å². The molecule has 0 radical (unpaired) electrons. The Labute approximate surface area is 111 Å². The standard InChI is InChI=1S/C13H15N3O3/c1-9(12(17)18)8-16(2)13(19)15-11-5-3-10(7-14)4-6-11/h3-6,9H,8H2,1-2H3,(H,15,19)(H,17,18). The van der Waals surface area contributed by atoms with E-state index in [4.69, 9.17) is 10.4 Å². The number of rotatable bonds is 4. The third kappa shape index (κ3) is 4.32. The lowest BCUT2D eigenvalue weighted by molar-refractivity contribution is -0.141. The van der Waals surface area contributed by atoms with Crippen molar-refractivity contribution in [2.75, 3.05) is 18.9 Å². The number of hydrogen-bond donors (Lipinski definition) is 2. The van der Waals surface area contributed by atoms with Gasteiger partial charge >= 0.3 is 12.0 Å². The van der Waals surface area contributed by atoms with Crippen LogP contribution in [0.2, 0.25) is 0 Å². The fourth-order valence-electron chi connectivity index (χ4n) is 1.42. The average molecular weight is 261 g/mol.